The Kier molecular flexibility index (Phi) is 6.45. The van der Waals surface area contributed by atoms with Crippen LogP contribution in [0.3, 0.4) is 0 Å². The number of hydrogen-bond acceptors (Lipinski definition) is 5. The molecule has 7 nitrogen and oxygen atoms in total. The molecule has 0 unspecified atom stereocenters. The number of non-ortho nitro benzene ring substituents is 1. The third-order valence-electron chi connectivity index (χ3n) is 2.65. The van der Waals surface area contributed by atoms with Crippen LogP contribution >= 0.6 is 0 Å². The molecule has 110 valence electrons. The molecule has 0 aliphatic heterocycles. The maximum Gasteiger partial charge on any atom is 0.270 e. The van der Waals surface area contributed by atoms with Crippen LogP contribution in [-0.4, -0.2) is 31.0 Å². The first-order valence-corrected chi connectivity index (χ1v) is 6.37. The van der Waals surface area contributed by atoms with Crippen molar-refractivity contribution in [2.45, 2.75) is 19.9 Å². The third kappa shape index (κ3) is 4.85. The molecule has 0 radical (unpaired) electrons. The van der Waals surface area contributed by atoms with E-state index in [0.29, 0.717) is 24.4 Å². The van der Waals surface area contributed by atoms with E-state index in [9.17, 15) is 14.9 Å². The molecule has 0 aliphatic carbocycles. The molecular formula is C13H19N3O4. The molecule has 0 spiro atoms. The number of amides is 1. The Balaban J connectivity index is 2.59. The molecule has 0 heterocycles. The molecule has 1 amide bonds. The minimum atomic E-state index is -0.461. The Morgan fingerprint density at radius 1 is 1.45 bits per heavy atom. The van der Waals surface area contributed by atoms with Gasteiger partial charge >= 0.3 is 0 Å². The van der Waals surface area contributed by atoms with Gasteiger partial charge in [0.15, 0.2) is 0 Å². The van der Waals surface area contributed by atoms with Crippen LogP contribution in [-0.2, 0) is 11.3 Å². The highest BCUT2D eigenvalue weighted by molar-refractivity contribution is 5.77. The average Bonchev–Trinajstić information content (AvgIpc) is 2.44. The number of rotatable bonds is 8. The lowest BCUT2D eigenvalue weighted by Crippen LogP contribution is -2.34. The topological polar surface area (TPSA) is 93.5 Å². The van der Waals surface area contributed by atoms with Crippen LogP contribution in [0.25, 0.3) is 0 Å². The zero-order valence-corrected chi connectivity index (χ0v) is 11.6. The van der Waals surface area contributed by atoms with Crippen molar-refractivity contribution in [1.29, 1.82) is 0 Å². The van der Waals surface area contributed by atoms with Gasteiger partial charge in [0.05, 0.1) is 18.6 Å². The van der Waals surface area contributed by atoms with Crippen molar-refractivity contribution in [3.05, 3.63) is 33.9 Å². The Hall–Kier alpha value is -2.15. The van der Waals surface area contributed by atoms with Gasteiger partial charge in [-0.25, -0.2) is 0 Å². The first-order chi connectivity index (χ1) is 9.58. The molecular weight excluding hydrogens is 262 g/mol. The summed E-state index contributed by atoms with van der Waals surface area (Å²) in [6, 6.07) is 4.37. The van der Waals surface area contributed by atoms with Crippen LogP contribution in [0.4, 0.5) is 5.69 Å². The molecule has 0 fully saturated rings. The summed E-state index contributed by atoms with van der Waals surface area (Å²) in [7, 11) is 1.50. The summed E-state index contributed by atoms with van der Waals surface area (Å²) in [4.78, 5) is 21.7. The second-order valence-corrected chi connectivity index (χ2v) is 4.21. The fourth-order valence-electron chi connectivity index (χ4n) is 1.65. The Bertz CT molecular complexity index is 477. The molecule has 2 N–H and O–H groups in total. The number of methoxy groups -OCH3 is 1. The lowest BCUT2D eigenvalue weighted by atomic mass is 10.1. The van der Waals surface area contributed by atoms with Crippen LogP contribution in [0, 0.1) is 10.1 Å². The highest BCUT2D eigenvalue weighted by Gasteiger charge is 2.11. The van der Waals surface area contributed by atoms with Crippen LogP contribution in [0.15, 0.2) is 18.2 Å². The maximum absolute atomic E-state index is 11.4. The number of nitrogens with zero attached hydrogens (tertiary/aromatic N) is 1. The van der Waals surface area contributed by atoms with Gasteiger partial charge in [-0.05, 0) is 12.5 Å². The largest absolute Gasteiger partial charge is 0.496 e. The average molecular weight is 281 g/mol. The summed E-state index contributed by atoms with van der Waals surface area (Å²) in [6.07, 6.45) is 0.879. The van der Waals surface area contributed by atoms with E-state index in [1.54, 1.807) is 6.07 Å². The number of ether oxygens (including phenoxy) is 1. The van der Waals surface area contributed by atoms with Gasteiger partial charge in [0.2, 0.25) is 5.91 Å². The Morgan fingerprint density at radius 3 is 2.80 bits per heavy atom. The van der Waals surface area contributed by atoms with E-state index in [1.807, 2.05) is 6.92 Å². The molecule has 1 aromatic carbocycles. The number of hydrogen-bond donors (Lipinski definition) is 2. The van der Waals surface area contributed by atoms with Crippen LogP contribution in [0.2, 0.25) is 0 Å². The second-order valence-electron chi connectivity index (χ2n) is 4.21. The summed E-state index contributed by atoms with van der Waals surface area (Å²) in [5.74, 6) is 0.452. The fraction of sp³-hybridized carbons (Fsp3) is 0.462. The van der Waals surface area contributed by atoms with E-state index in [-0.39, 0.29) is 18.1 Å². The van der Waals surface area contributed by atoms with E-state index < -0.39 is 4.92 Å². The van der Waals surface area contributed by atoms with Crippen molar-refractivity contribution in [2.75, 3.05) is 20.2 Å². The second kappa shape index (κ2) is 8.11. The van der Waals surface area contributed by atoms with Crippen LogP contribution in [0.5, 0.6) is 5.75 Å². The lowest BCUT2D eigenvalue weighted by molar-refractivity contribution is -0.384. The number of carbonyl (C=O) groups excluding carboxylic acids is 1. The van der Waals surface area contributed by atoms with Gasteiger partial charge in [-0.3, -0.25) is 14.9 Å². The van der Waals surface area contributed by atoms with E-state index in [4.69, 9.17) is 4.74 Å². The van der Waals surface area contributed by atoms with Gasteiger partial charge in [-0.2, -0.15) is 0 Å². The van der Waals surface area contributed by atoms with Crippen molar-refractivity contribution in [1.82, 2.24) is 10.6 Å². The molecule has 0 aromatic heterocycles. The molecule has 7 heteroatoms. The first kappa shape index (κ1) is 15.9. The van der Waals surface area contributed by atoms with Gasteiger partial charge < -0.3 is 15.4 Å². The smallest absolute Gasteiger partial charge is 0.270 e. The summed E-state index contributed by atoms with van der Waals surface area (Å²) in [6.45, 7) is 3.10. The van der Waals surface area contributed by atoms with Crippen molar-refractivity contribution < 1.29 is 14.5 Å². The molecule has 1 rings (SSSR count). The van der Waals surface area contributed by atoms with Crippen LogP contribution < -0.4 is 15.4 Å². The molecule has 0 aliphatic rings. The molecule has 0 bridgehead atoms. The highest BCUT2D eigenvalue weighted by atomic mass is 16.6. The van der Waals surface area contributed by atoms with Gasteiger partial charge in [0, 0.05) is 30.8 Å². The van der Waals surface area contributed by atoms with E-state index >= 15 is 0 Å². The zero-order chi connectivity index (χ0) is 15.0. The van der Waals surface area contributed by atoms with Gasteiger partial charge in [-0.15, -0.1) is 0 Å². The normalized spacial score (nSPS) is 10.1. The standard InChI is InChI=1S/C13H19N3O4/c1-3-6-15-13(17)9-14-8-10-7-11(16(18)19)4-5-12(10)20-2/h4-5,7,14H,3,6,8-9H2,1-2H3,(H,15,17). The molecule has 0 saturated carbocycles. The van der Waals surface area contributed by atoms with E-state index in [1.165, 1.54) is 19.2 Å². The van der Waals surface area contributed by atoms with Crippen molar-refractivity contribution in [3.63, 3.8) is 0 Å². The highest BCUT2D eigenvalue weighted by Crippen LogP contribution is 2.23. The summed E-state index contributed by atoms with van der Waals surface area (Å²) >= 11 is 0. The number of nitro groups is 1. The Labute approximate surface area is 117 Å². The molecule has 20 heavy (non-hydrogen) atoms. The van der Waals surface area contributed by atoms with Crippen molar-refractivity contribution in [3.8, 4) is 5.75 Å². The summed E-state index contributed by atoms with van der Waals surface area (Å²) in [5.41, 5.74) is 0.642. The van der Waals surface area contributed by atoms with E-state index in [0.717, 1.165) is 6.42 Å². The number of nitrogens with one attached hydrogen (secondary N) is 2. The minimum Gasteiger partial charge on any atom is -0.496 e. The van der Waals surface area contributed by atoms with Gasteiger partial charge in [0.1, 0.15) is 5.75 Å². The first-order valence-electron chi connectivity index (χ1n) is 6.37. The van der Waals surface area contributed by atoms with Crippen molar-refractivity contribution >= 4 is 11.6 Å². The molecule has 0 saturated heterocycles. The predicted molar refractivity (Wildman–Crippen MR) is 74.7 cm³/mol. The molecule has 0 atom stereocenters. The van der Waals surface area contributed by atoms with Crippen LogP contribution in [0.1, 0.15) is 18.9 Å². The molecule has 1 aromatic rings. The monoisotopic (exact) mass is 281 g/mol. The van der Waals surface area contributed by atoms with E-state index in [2.05, 4.69) is 10.6 Å². The summed E-state index contributed by atoms with van der Waals surface area (Å²) in [5, 5.41) is 16.4. The van der Waals surface area contributed by atoms with Gasteiger partial charge in [0.25, 0.3) is 5.69 Å². The SMILES string of the molecule is CCCNC(=O)CNCc1cc([N+](=O)[O-])ccc1OC. The lowest BCUT2D eigenvalue weighted by Gasteiger charge is -2.09. The number of carbonyl (C=O) groups is 1. The van der Waals surface area contributed by atoms with Crippen molar-refractivity contribution in [2.24, 2.45) is 0 Å². The fourth-order valence-corrected chi connectivity index (χ4v) is 1.65. The quantitative estimate of drug-likeness (QED) is 0.552. The van der Waals surface area contributed by atoms with Gasteiger partial charge in [-0.1, -0.05) is 6.92 Å². The third-order valence-corrected chi connectivity index (χ3v) is 2.65. The summed E-state index contributed by atoms with van der Waals surface area (Å²) < 4.78 is 5.14. The zero-order valence-electron chi connectivity index (χ0n) is 11.6. The predicted octanol–water partition coefficient (Wildman–Crippen LogP) is 1.22. The Morgan fingerprint density at radius 2 is 2.20 bits per heavy atom. The minimum absolute atomic E-state index is 0.00182. The number of benzene rings is 1. The number of nitro benzene ring substituents is 1. The maximum atomic E-state index is 11.4.